The Morgan fingerprint density at radius 2 is 0.908 bits per heavy atom. The van der Waals surface area contributed by atoms with Crippen LogP contribution in [0, 0.1) is 0 Å². The smallest absolute Gasteiger partial charge is 0.220 e. The molecule has 1 aliphatic heterocycles. The normalized spacial score (nSPS) is 20.1. The molecule has 1 rings (SSSR count). The van der Waals surface area contributed by atoms with E-state index in [9.17, 15) is 30.3 Å². The minimum atomic E-state index is -1.57. The minimum Gasteiger partial charge on any atom is -0.394 e. The van der Waals surface area contributed by atoms with Gasteiger partial charge in [0.15, 0.2) is 6.29 Å². The summed E-state index contributed by atoms with van der Waals surface area (Å²) < 4.78 is 11.2. The summed E-state index contributed by atoms with van der Waals surface area (Å²) in [5.41, 5.74) is 0. The Morgan fingerprint density at radius 1 is 0.538 bits per heavy atom. The second-order valence-electron chi connectivity index (χ2n) is 19.4. The lowest BCUT2D eigenvalue weighted by Crippen LogP contribution is -2.60. The maximum atomic E-state index is 13.0. The number of allylic oxidation sites excluding steroid dienone is 5. The number of carbonyl (C=O) groups is 1. The molecule has 0 aliphatic carbocycles. The SMILES string of the molecule is C/C=C/CC/C=C/CC/C=C/C(O)C(COC1OC(CO)C(O)C(O)C1O)NC(=O)CCCCCCCCCCCCCCCCCCCCCCCCCCCCCCCCCCC. The summed E-state index contributed by atoms with van der Waals surface area (Å²) in [6.07, 6.45) is 52.8. The fourth-order valence-electron chi connectivity index (χ4n) is 8.90. The predicted molar refractivity (Wildman–Crippen MR) is 272 cm³/mol. The molecule has 1 fully saturated rings. The Kier molecular flexibility index (Phi) is 43.6. The lowest BCUT2D eigenvalue weighted by atomic mass is 9.99. The monoisotopic (exact) mass is 920 g/mol. The Balaban J connectivity index is 2.05. The van der Waals surface area contributed by atoms with Gasteiger partial charge in [0, 0.05) is 6.42 Å². The number of amides is 1. The highest BCUT2D eigenvalue weighted by atomic mass is 16.7. The fourth-order valence-corrected chi connectivity index (χ4v) is 8.90. The molecule has 382 valence electrons. The average molecular weight is 920 g/mol. The van der Waals surface area contributed by atoms with Crippen LogP contribution in [0.1, 0.15) is 258 Å². The molecule has 6 N–H and O–H groups in total. The topological polar surface area (TPSA) is 149 Å². The molecule has 1 saturated heterocycles. The molecular weight excluding hydrogens is 815 g/mol. The van der Waals surface area contributed by atoms with Crippen LogP contribution in [0.5, 0.6) is 0 Å². The summed E-state index contributed by atoms with van der Waals surface area (Å²) in [5.74, 6) is -0.190. The number of ether oxygens (including phenoxy) is 2. The van der Waals surface area contributed by atoms with Crippen molar-refractivity contribution in [1.82, 2.24) is 5.32 Å². The van der Waals surface area contributed by atoms with Crippen molar-refractivity contribution in [1.29, 1.82) is 0 Å². The van der Waals surface area contributed by atoms with E-state index in [1.807, 2.05) is 19.1 Å². The molecule has 9 nitrogen and oxygen atoms in total. The average Bonchev–Trinajstić information content (AvgIpc) is 3.31. The third kappa shape index (κ3) is 36.1. The zero-order chi connectivity index (χ0) is 47.3. The van der Waals surface area contributed by atoms with Crippen molar-refractivity contribution in [2.45, 2.75) is 301 Å². The van der Waals surface area contributed by atoms with Gasteiger partial charge in [0.1, 0.15) is 24.4 Å². The minimum absolute atomic E-state index is 0.190. The van der Waals surface area contributed by atoms with Gasteiger partial charge in [-0.2, -0.15) is 0 Å². The van der Waals surface area contributed by atoms with Crippen molar-refractivity contribution in [3.63, 3.8) is 0 Å². The molecule has 0 aromatic rings. The van der Waals surface area contributed by atoms with Crippen molar-refractivity contribution in [3.05, 3.63) is 36.5 Å². The number of hydrogen-bond acceptors (Lipinski definition) is 8. The van der Waals surface area contributed by atoms with E-state index >= 15 is 0 Å². The van der Waals surface area contributed by atoms with Crippen molar-refractivity contribution >= 4 is 5.91 Å². The number of carbonyl (C=O) groups excluding carboxylic acids is 1. The third-order valence-electron chi connectivity index (χ3n) is 13.3. The summed E-state index contributed by atoms with van der Waals surface area (Å²) in [4.78, 5) is 13.0. The van der Waals surface area contributed by atoms with Crippen LogP contribution in [0.2, 0.25) is 0 Å². The van der Waals surface area contributed by atoms with Gasteiger partial charge in [-0.05, 0) is 39.0 Å². The number of aliphatic hydroxyl groups excluding tert-OH is 5. The Bertz CT molecular complexity index is 1110. The standard InChI is InChI=1S/C56H105NO8/c1-3-5-7-9-11-13-14-15-16-17-18-19-20-21-22-23-24-25-26-27-28-29-30-31-32-33-34-35-36-38-40-42-44-46-52(60)57-49(50(59)45-43-41-39-37-12-10-8-6-4-2)48-64-56-55(63)54(62)53(61)51(47-58)65-56/h4,6,12,37,43,45,49-51,53-56,58-59,61-63H,3,5,7-11,13-36,38-42,44,46-48H2,1-2H3,(H,57,60)/b6-4+,37-12+,45-43+. The van der Waals surface area contributed by atoms with Crippen LogP contribution in [0.4, 0.5) is 0 Å². The van der Waals surface area contributed by atoms with Crippen molar-refractivity contribution in [2.75, 3.05) is 13.2 Å². The van der Waals surface area contributed by atoms with E-state index in [0.717, 1.165) is 44.9 Å². The summed E-state index contributed by atoms with van der Waals surface area (Å²) >= 11 is 0. The molecule has 65 heavy (non-hydrogen) atoms. The zero-order valence-electron chi connectivity index (χ0n) is 42.3. The molecule has 0 radical (unpaired) electrons. The van der Waals surface area contributed by atoms with Crippen LogP contribution < -0.4 is 5.32 Å². The number of unbranched alkanes of at least 4 members (excludes halogenated alkanes) is 34. The van der Waals surface area contributed by atoms with Gasteiger partial charge in [-0.1, -0.05) is 249 Å². The molecule has 7 atom stereocenters. The van der Waals surface area contributed by atoms with Crippen LogP contribution in [-0.4, -0.2) is 87.5 Å². The molecule has 0 aromatic carbocycles. The van der Waals surface area contributed by atoms with Gasteiger partial charge >= 0.3 is 0 Å². The Labute approximate surface area is 400 Å². The van der Waals surface area contributed by atoms with E-state index in [4.69, 9.17) is 9.47 Å². The summed E-state index contributed by atoms with van der Waals surface area (Å²) in [6.45, 7) is 3.53. The van der Waals surface area contributed by atoms with E-state index in [2.05, 4.69) is 30.5 Å². The second-order valence-corrected chi connectivity index (χ2v) is 19.4. The Hall–Kier alpha value is -1.59. The zero-order valence-corrected chi connectivity index (χ0v) is 42.3. The quantitative estimate of drug-likeness (QED) is 0.0261. The molecule has 1 aliphatic rings. The van der Waals surface area contributed by atoms with Crippen LogP contribution in [-0.2, 0) is 14.3 Å². The lowest BCUT2D eigenvalue weighted by molar-refractivity contribution is -0.302. The lowest BCUT2D eigenvalue weighted by Gasteiger charge is -2.40. The van der Waals surface area contributed by atoms with Crippen LogP contribution in [0.15, 0.2) is 36.5 Å². The first-order chi connectivity index (χ1) is 31.8. The van der Waals surface area contributed by atoms with Crippen molar-refractivity contribution in [2.24, 2.45) is 0 Å². The van der Waals surface area contributed by atoms with E-state index in [0.29, 0.717) is 6.42 Å². The first kappa shape index (κ1) is 61.4. The van der Waals surface area contributed by atoms with Gasteiger partial charge in [0.25, 0.3) is 0 Å². The molecule has 9 heteroatoms. The van der Waals surface area contributed by atoms with E-state index < -0.39 is 49.5 Å². The van der Waals surface area contributed by atoms with Crippen molar-refractivity contribution in [3.8, 4) is 0 Å². The van der Waals surface area contributed by atoms with E-state index in [1.54, 1.807) is 6.08 Å². The molecule has 1 amide bonds. The van der Waals surface area contributed by atoms with Gasteiger partial charge in [0.2, 0.25) is 5.91 Å². The highest BCUT2D eigenvalue weighted by molar-refractivity contribution is 5.76. The number of aliphatic hydroxyl groups is 5. The predicted octanol–water partition coefficient (Wildman–Crippen LogP) is 13.2. The largest absolute Gasteiger partial charge is 0.394 e. The Morgan fingerprint density at radius 3 is 1.29 bits per heavy atom. The van der Waals surface area contributed by atoms with Crippen LogP contribution in [0.25, 0.3) is 0 Å². The maximum absolute atomic E-state index is 13.0. The van der Waals surface area contributed by atoms with Gasteiger partial charge in [-0.3, -0.25) is 4.79 Å². The van der Waals surface area contributed by atoms with Crippen LogP contribution in [0.3, 0.4) is 0 Å². The molecule has 0 saturated carbocycles. The van der Waals surface area contributed by atoms with Gasteiger partial charge in [-0.25, -0.2) is 0 Å². The molecule has 7 unspecified atom stereocenters. The number of rotatable bonds is 47. The first-order valence-corrected chi connectivity index (χ1v) is 27.7. The van der Waals surface area contributed by atoms with Gasteiger partial charge in [0.05, 0.1) is 25.4 Å². The summed E-state index contributed by atoms with van der Waals surface area (Å²) in [7, 11) is 0. The van der Waals surface area contributed by atoms with E-state index in [1.165, 1.54) is 193 Å². The fraction of sp³-hybridized carbons (Fsp3) is 0.875. The first-order valence-electron chi connectivity index (χ1n) is 27.7. The molecule has 0 bridgehead atoms. The molecule has 0 aromatic heterocycles. The van der Waals surface area contributed by atoms with Gasteiger partial charge < -0.3 is 40.3 Å². The van der Waals surface area contributed by atoms with Crippen molar-refractivity contribution < 1.29 is 39.8 Å². The third-order valence-corrected chi connectivity index (χ3v) is 13.3. The summed E-state index contributed by atoms with van der Waals surface area (Å²) in [5, 5.41) is 54.1. The molecule has 1 heterocycles. The summed E-state index contributed by atoms with van der Waals surface area (Å²) in [6, 6.07) is -0.823. The highest BCUT2D eigenvalue weighted by Crippen LogP contribution is 2.23. The molecule has 0 spiro atoms. The molecular formula is C56H105NO8. The van der Waals surface area contributed by atoms with Crippen LogP contribution >= 0.6 is 0 Å². The number of nitrogens with one attached hydrogen (secondary N) is 1. The second kappa shape index (κ2) is 46.2. The van der Waals surface area contributed by atoms with E-state index in [-0.39, 0.29) is 12.5 Å². The highest BCUT2D eigenvalue weighted by Gasteiger charge is 2.44. The maximum Gasteiger partial charge on any atom is 0.220 e. The number of hydrogen-bond donors (Lipinski definition) is 6. The van der Waals surface area contributed by atoms with Gasteiger partial charge in [-0.15, -0.1) is 0 Å².